The van der Waals surface area contributed by atoms with Gasteiger partial charge in [-0.15, -0.1) is 11.3 Å². The first-order valence-electron chi connectivity index (χ1n) is 5.13. The molecule has 2 unspecified atom stereocenters. The Morgan fingerprint density at radius 1 is 1.60 bits per heavy atom. The molecule has 0 aliphatic carbocycles. The molecule has 0 fully saturated rings. The van der Waals surface area contributed by atoms with Gasteiger partial charge in [0.15, 0.2) is 0 Å². The number of nitrogens with two attached hydrogens (primary N) is 1. The first kappa shape index (κ1) is 13.0. The zero-order valence-electron chi connectivity index (χ0n) is 9.64. The van der Waals surface area contributed by atoms with Gasteiger partial charge in [-0.25, -0.2) is 0 Å². The summed E-state index contributed by atoms with van der Waals surface area (Å²) in [6.45, 7) is 3.18. The lowest BCUT2D eigenvalue weighted by atomic mass is 10.2. The molecule has 0 aromatic carbocycles. The van der Waals surface area contributed by atoms with Crippen LogP contribution in [0, 0.1) is 0 Å². The van der Waals surface area contributed by atoms with Gasteiger partial charge in [0.2, 0.25) is 0 Å². The van der Waals surface area contributed by atoms with Gasteiger partial charge in [-0.1, -0.05) is 6.07 Å². The van der Waals surface area contributed by atoms with Gasteiger partial charge < -0.3 is 10.6 Å². The lowest BCUT2D eigenvalue weighted by Crippen LogP contribution is -2.36. The smallest absolute Gasteiger partial charge is 0.0519 e. The van der Waals surface area contributed by atoms with E-state index in [9.17, 15) is 0 Å². The fourth-order valence-corrected chi connectivity index (χ4v) is 2.91. The van der Waals surface area contributed by atoms with Crippen LogP contribution in [0.25, 0.3) is 0 Å². The minimum atomic E-state index is 0.152. The summed E-state index contributed by atoms with van der Waals surface area (Å²) in [6.07, 6.45) is 2.14. The summed E-state index contributed by atoms with van der Waals surface area (Å²) >= 11 is 3.62. The van der Waals surface area contributed by atoms with Gasteiger partial charge in [0.25, 0.3) is 0 Å². The molecule has 4 heteroatoms. The molecule has 86 valence electrons. The Bertz CT molecular complexity index is 262. The first-order chi connectivity index (χ1) is 7.15. The molecule has 0 aliphatic heterocycles. The molecule has 0 amide bonds. The van der Waals surface area contributed by atoms with E-state index in [1.54, 1.807) is 11.3 Å². The van der Waals surface area contributed by atoms with Gasteiger partial charge in [0.05, 0.1) is 6.04 Å². The summed E-state index contributed by atoms with van der Waals surface area (Å²) < 4.78 is 0. The Balaban J connectivity index is 2.40. The molecular weight excluding hydrogens is 224 g/mol. The molecule has 0 bridgehead atoms. The van der Waals surface area contributed by atoms with Gasteiger partial charge in [-0.2, -0.15) is 11.8 Å². The number of nitrogens with zero attached hydrogens (tertiary/aromatic N) is 1. The van der Waals surface area contributed by atoms with Crippen LogP contribution in [0.15, 0.2) is 17.5 Å². The lowest BCUT2D eigenvalue weighted by molar-refractivity contribution is 0.262. The van der Waals surface area contributed by atoms with E-state index in [0.29, 0.717) is 6.04 Å². The molecule has 2 atom stereocenters. The van der Waals surface area contributed by atoms with Gasteiger partial charge in [-0.3, -0.25) is 0 Å². The van der Waals surface area contributed by atoms with E-state index < -0.39 is 0 Å². The van der Waals surface area contributed by atoms with E-state index in [0.717, 1.165) is 12.3 Å². The van der Waals surface area contributed by atoms with E-state index in [1.807, 2.05) is 11.8 Å². The highest BCUT2D eigenvalue weighted by Gasteiger charge is 2.14. The van der Waals surface area contributed by atoms with Crippen LogP contribution in [0.1, 0.15) is 17.8 Å². The minimum Gasteiger partial charge on any atom is -0.322 e. The maximum atomic E-state index is 6.14. The van der Waals surface area contributed by atoms with E-state index in [-0.39, 0.29) is 6.04 Å². The van der Waals surface area contributed by atoms with Gasteiger partial charge in [0, 0.05) is 23.2 Å². The summed E-state index contributed by atoms with van der Waals surface area (Å²) in [4.78, 5) is 3.61. The standard InChI is InChI=1S/C11H20N2S2/c1-9(8-14-3)13(2)7-10(12)11-5-4-6-15-11/h4-6,9-10H,7-8,12H2,1-3H3. The summed E-state index contributed by atoms with van der Waals surface area (Å²) in [7, 11) is 2.15. The van der Waals surface area contributed by atoms with Crippen LogP contribution < -0.4 is 5.73 Å². The highest BCUT2D eigenvalue weighted by molar-refractivity contribution is 7.98. The molecule has 1 heterocycles. The number of thiophene rings is 1. The lowest BCUT2D eigenvalue weighted by Gasteiger charge is -2.26. The summed E-state index contributed by atoms with van der Waals surface area (Å²) in [5.74, 6) is 1.16. The molecule has 0 saturated heterocycles. The average Bonchev–Trinajstić information content (AvgIpc) is 2.70. The zero-order valence-corrected chi connectivity index (χ0v) is 11.3. The average molecular weight is 244 g/mol. The molecule has 0 saturated carbocycles. The third kappa shape index (κ3) is 4.15. The van der Waals surface area contributed by atoms with Gasteiger partial charge in [0.1, 0.15) is 0 Å². The molecular formula is C11H20N2S2. The van der Waals surface area contributed by atoms with E-state index in [4.69, 9.17) is 5.73 Å². The second-order valence-electron chi connectivity index (χ2n) is 3.87. The van der Waals surface area contributed by atoms with Crippen LogP contribution in [0.5, 0.6) is 0 Å². The molecule has 0 radical (unpaired) electrons. The molecule has 0 aliphatic rings. The first-order valence-corrected chi connectivity index (χ1v) is 7.40. The Morgan fingerprint density at radius 2 is 2.33 bits per heavy atom. The van der Waals surface area contributed by atoms with Gasteiger partial charge in [-0.05, 0) is 31.7 Å². The van der Waals surface area contributed by atoms with Crippen molar-refractivity contribution in [3.05, 3.63) is 22.4 Å². The molecule has 2 nitrogen and oxygen atoms in total. The fourth-order valence-electron chi connectivity index (χ4n) is 1.45. The Hall–Kier alpha value is -0.0300. The Labute approximate surface area is 101 Å². The monoisotopic (exact) mass is 244 g/mol. The van der Waals surface area contributed by atoms with Crippen LogP contribution >= 0.6 is 23.1 Å². The normalized spacial score (nSPS) is 15.5. The predicted octanol–water partition coefficient (Wildman–Crippen LogP) is 2.43. The number of hydrogen-bond acceptors (Lipinski definition) is 4. The zero-order chi connectivity index (χ0) is 11.3. The van der Waals surface area contributed by atoms with Crippen molar-refractivity contribution in [1.29, 1.82) is 0 Å². The van der Waals surface area contributed by atoms with Crippen LogP contribution in [-0.4, -0.2) is 36.5 Å². The summed E-state index contributed by atoms with van der Waals surface area (Å²) in [5, 5.41) is 2.08. The van der Waals surface area contributed by atoms with E-state index in [1.165, 1.54) is 4.88 Å². The highest BCUT2D eigenvalue weighted by atomic mass is 32.2. The molecule has 0 spiro atoms. The second-order valence-corrected chi connectivity index (χ2v) is 5.76. The van der Waals surface area contributed by atoms with Gasteiger partial charge >= 0.3 is 0 Å². The number of hydrogen-bond donors (Lipinski definition) is 1. The van der Waals surface area contributed by atoms with Crippen LogP contribution in [0.4, 0.5) is 0 Å². The number of thioether (sulfide) groups is 1. The van der Waals surface area contributed by atoms with Crippen molar-refractivity contribution in [1.82, 2.24) is 4.90 Å². The third-order valence-corrected chi connectivity index (χ3v) is 4.37. The maximum absolute atomic E-state index is 6.14. The minimum absolute atomic E-state index is 0.152. The fraction of sp³-hybridized carbons (Fsp3) is 0.636. The summed E-state index contributed by atoms with van der Waals surface area (Å²) in [5.41, 5.74) is 6.14. The van der Waals surface area contributed by atoms with Crippen LogP contribution in [-0.2, 0) is 0 Å². The molecule has 1 aromatic rings. The van der Waals surface area contributed by atoms with Crippen molar-refractivity contribution in [3.8, 4) is 0 Å². The summed E-state index contributed by atoms with van der Waals surface area (Å²) in [6, 6.07) is 4.92. The molecule has 2 N–H and O–H groups in total. The van der Waals surface area contributed by atoms with Crippen molar-refractivity contribution < 1.29 is 0 Å². The van der Waals surface area contributed by atoms with Crippen molar-refractivity contribution in [2.75, 3.05) is 25.6 Å². The molecule has 15 heavy (non-hydrogen) atoms. The maximum Gasteiger partial charge on any atom is 0.0519 e. The molecule has 1 aromatic heterocycles. The quantitative estimate of drug-likeness (QED) is 0.833. The SMILES string of the molecule is CSCC(C)N(C)CC(N)c1cccs1. The largest absolute Gasteiger partial charge is 0.322 e. The van der Waals surface area contributed by atoms with E-state index >= 15 is 0 Å². The van der Waals surface area contributed by atoms with Crippen molar-refractivity contribution in [2.45, 2.75) is 19.0 Å². The molecule has 1 rings (SSSR count). The van der Waals surface area contributed by atoms with E-state index in [2.05, 4.69) is 42.6 Å². The van der Waals surface area contributed by atoms with Crippen molar-refractivity contribution >= 4 is 23.1 Å². The number of likely N-dealkylation sites (N-methyl/N-ethyl adjacent to an activating group) is 1. The van der Waals surface area contributed by atoms with Crippen molar-refractivity contribution in [2.24, 2.45) is 5.73 Å². The van der Waals surface area contributed by atoms with Crippen LogP contribution in [0.2, 0.25) is 0 Å². The van der Waals surface area contributed by atoms with Crippen LogP contribution in [0.3, 0.4) is 0 Å². The number of rotatable bonds is 6. The predicted molar refractivity (Wildman–Crippen MR) is 71.7 cm³/mol. The Morgan fingerprint density at radius 3 is 2.87 bits per heavy atom. The highest BCUT2D eigenvalue weighted by Crippen LogP contribution is 2.18. The van der Waals surface area contributed by atoms with Crippen molar-refractivity contribution in [3.63, 3.8) is 0 Å². The topological polar surface area (TPSA) is 29.3 Å². The third-order valence-electron chi connectivity index (χ3n) is 2.55. The Kier molecular flexibility index (Phi) is 5.68. The second kappa shape index (κ2) is 6.53.